The predicted molar refractivity (Wildman–Crippen MR) is 84.2 cm³/mol. The summed E-state index contributed by atoms with van der Waals surface area (Å²) in [7, 11) is 0. The van der Waals surface area contributed by atoms with Gasteiger partial charge in [-0.05, 0) is 19.3 Å². The zero-order chi connectivity index (χ0) is 13.7. The summed E-state index contributed by atoms with van der Waals surface area (Å²) in [5.74, 6) is 1.58. The van der Waals surface area contributed by atoms with E-state index in [0.29, 0.717) is 10.3 Å². The fraction of sp³-hybridized carbons (Fsp3) is 0.714. The van der Waals surface area contributed by atoms with Crippen molar-refractivity contribution in [3.8, 4) is 0 Å². The van der Waals surface area contributed by atoms with Crippen LogP contribution < -0.4 is 0 Å². The lowest BCUT2D eigenvalue weighted by Crippen LogP contribution is -2.09. The minimum atomic E-state index is 0.529. The van der Waals surface area contributed by atoms with Crippen LogP contribution in [0.2, 0.25) is 10.3 Å². The molecule has 1 aromatic rings. The summed E-state index contributed by atoms with van der Waals surface area (Å²) < 4.78 is 0. The Morgan fingerprint density at radius 3 is 2.32 bits per heavy atom. The number of hydrogen-bond donors (Lipinski definition) is 0. The second kappa shape index (κ2) is 7.70. The Morgan fingerprint density at radius 1 is 1.11 bits per heavy atom. The maximum atomic E-state index is 6.19. The van der Waals surface area contributed by atoms with Gasteiger partial charge in [0.1, 0.15) is 16.1 Å². The normalized spacial score (nSPS) is 16.8. The Bertz CT molecular complexity index is 397. The molecule has 0 unspecified atom stereocenters. The molecular weight excluding hydrogens is 299 g/mol. The number of hydrogen-bond acceptors (Lipinski definition) is 3. The molecule has 19 heavy (non-hydrogen) atoms. The van der Waals surface area contributed by atoms with E-state index >= 15 is 0 Å². The van der Waals surface area contributed by atoms with Gasteiger partial charge in [-0.3, -0.25) is 0 Å². The maximum Gasteiger partial charge on any atom is 0.141 e. The number of aromatic nitrogens is 2. The van der Waals surface area contributed by atoms with Crippen LogP contribution in [0.3, 0.4) is 0 Å². The first-order chi connectivity index (χ1) is 9.20. The predicted octanol–water partition coefficient (Wildman–Crippen LogP) is 5.30. The van der Waals surface area contributed by atoms with Gasteiger partial charge in [0.25, 0.3) is 0 Å². The molecule has 2 rings (SSSR count). The van der Waals surface area contributed by atoms with Crippen LogP contribution in [0.1, 0.15) is 56.8 Å². The van der Waals surface area contributed by atoms with E-state index in [1.807, 2.05) is 11.8 Å². The maximum absolute atomic E-state index is 6.19. The highest BCUT2D eigenvalue weighted by Gasteiger charge is 2.16. The molecule has 0 spiro atoms. The molecule has 0 amide bonds. The van der Waals surface area contributed by atoms with Crippen molar-refractivity contribution < 1.29 is 0 Å². The summed E-state index contributed by atoms with van der Waals surface area (Å²) >= 11 is 14.3. The van der Waals surface area contributed by atoms with Crippen molar-refractivity contribution in [2.24, 2.45) is 0 Å². The zero-order valence-corrected chi connectivity index (χ0v) is 13.6. The van der Waals surface area contributed by atoms with E-state index < -0.39 is 0 Å². The molecule has 0 radical (unpaired) electrons. The highest BCUT2D eigenvalue weighted by Crippen LogP contribution is 2.31. The SMILES string of the molecule is CCCc1c(Cl)nc(CSC2CCCCC2)nc1Cl. The molecule has 5 heteroatoms. The second-order valence-corrected chi connectivity index (χ2v) is 7.03. The van der Waals surface area contributed by atoms with Gasteiger partial charge in [-0.25, -0.2) is 9.97 Å². The molecule has 1 aliphatic rings. The first-order valence-corrected chi connectivity index (χ1v) is 8.83. The van der Waals surface area contributed by atoms with Crippen LogP contribution in [0.25, 0.3) is 0 Å². The van der Waals surface area contributed by atoms with Crippen molar-refractivity contribution in [3.05, 3.63) is 21.7 Å². The van der Waals surface area contributed by atoms with Gasteiger partial charge < -0.3 is 0 Å². The number of rotatable bonds is 5. The van der Waals surface area contributed by atoms with Gasteiger partial charge in [-0.1, -0.05) is 55.8 Å². The minimum absolute atomic E-state index is 0.529. The Kier molecular flexibility index (Phi) is 6.24. The standard InChI is InChI=1S/C14H20Cl2N2S/c1-2-6-11-13(15)17-12(18-14(11)16)9-19-10-7-4-3-5-8-10/h10H,2-9H2,1H3. The van der Waals surface area contributed by atoms with E-state index in [-0.39, 0.29) is 0 Å². The van der Waals surface area contributed by atoms with Crippen LogP contribution >= 0.6 is 35.0 Å². The highest BCUT2D eigenvalue weighted by molar-refractivity contribution is 7.99. The van der Waals surface area contributed by atoms with Crippen LogP contribution in [0, 0.1) is 0 Å². The third-order valence-electron chi connectivity index (χ3n) is 3.45. The molecule has 0 bridgehead atoms. The van der Waals surface area contributed by atoms with Gasteiger partial charge >= 0.3 is 0 Å². The first-order valence-electron chi connectivity index (χ1n) is 7.03. The summed E-state index contributed by atoms with van der Waals surface area (Å²) in [6.45, 7) is 2.10. The largest absolute Gasteiger partial charge is 0.220 e. The fourth-order valence-corrected chi connectivity index (χ4v) is 4.21. The monoisotopic (exact) mass is 318 g/mol. The van der Waals surface area contributed by atoms with Gasteiger partial charge in [0.2, 0.25) is 0 Å². The van der Waals surface area contributed by atoms with Crippen LogP contribution in [-0.2, 0) is 12.2 Å². The molecule has 0 aliphatic heterocycles. The lowest BCUT2D eigenvalue weighted by molar-refractivity contribution is 0.516. The molecule has 106 valence electrons. The van der Waals surface area contributed by atoms with Gasteiger partial charge in [0, 0.05) is 10.8 Å². The van der Waals surface area contributed by atoms with Crippen molar-refractivity contribution in [1.82, 2.24) is 9.97 Å². The molecule has 1 heterocycles. The molecule has 0 N–H and O–H groups in total. The Balaban J connectivity index is 1.96. The van der Waals surface area contributed by atoms with Crippen LogP contribution in [0.5, 0.6) is 0 Å². The Morgan fingerprint density at radius 2 is 1.74 bits per heavy atom. The summed E-state index contributed by atoms with van der Waals surface area (Å²) in [6.07, 6.45) is 8.58. The van der Waals surface area contributed by atoms with E-state index in [1.165, 1.54) is 32.1 Å². The lowest BCUT2D eigenvalue weighted by atomic mass is 10.0. The van der Waals surface area contributed by atoms with Gasteiger partial charge in [-0.15, -0.1) is 0 Å². The summed E-state index contributed by atoms with van der Waals surface area (Å²) in [6, 6.07) is 0. The van der Waals surface area contributed by atoms with E-state index in [2.05, 4.69) is 16.9 Å². The summed E-state index contributed by atoms with van der Waals surface area (Å²) in [4.78, 5) is 8.77. The van der Waals surface area contributed by atoms with Gasteiger partial charge in [0.05, 0.1) is 5.75 Å². The van der Waals surface area contributed by atoms with Crippen molar-refractivity contribution in [1.29, 1.82) is 0 Å². The third kappa shape index (κ3) is 4.51. The first kappa shape index (κ1) is 15.4. The second-order valence-electron chi connectivity index (χ2n) is 5.02. The summed E-state index contributed by atoms with van der Waals surface area (Å²) in [5.41, 5.74) is 0.886. The van der Waals surface area contributed by atoms with Crippen LogP contribution in [0.15, 0.2) is 0 Å². The van der Waals surface area contributed by atoms with E-state index in [1.54, 1.807) is 0 Å². The average Bonchev–Trinajstić information content (AvgIpc) is 2.42. The van der Waals surface area contributed by atoms with Crippen molar-refractivity contribution >= 4 is 35.0 Å². The highest BCUT2D eigenvalue weighted by atomic mass is 35.5. The number of thioether (sulfide) groups is 1. The number of halogens is 2. The molecule has 0 aromatic carbocycles. The van der Waals surface area contributed by atoms with Gasteiger partial charge in [-0.2, -0.15) is 11.8 Å². The molecular formula is C14H20Cl2N2S. The molecule has 1 aliphatic carbocycles. The lowest BCUT2D eigenvalue weighted by Gasteiger charge is -2.20. The van der Waals surface area contributed by atoms with Gasteiger partial charge in [0.15, 0.2) is 0 Å². The summed E-state index contributed by atoms with van der Waals surface area (Å²) in [5, 5.41) is 1.81. The smallest absolute Gasteiger partial charge is 0.141 e. The minimum Gasteiger partial charge on any atom is -0.220 e. The zero-order valence-electron chi connectivity index (χ0n) is 11.3. The third-order valence-corrected chi connectivity index (χ3v) is 5.45. The van der Waals surface area contributed by atoms with E-state index in [9.17, 15) is 0 Å². The van der Waals surface area contributed by atoms with Crippen molar-refractivity contribution in [3.63, 3.8) is 0 Å². The quantitative estimate of drug-likeness (QED) is 0.689. The molecule has 0 atom stereocenters. The molecule has 2 nitrogen and oxygen atoms in total. The molecule has 1 fully saturated rings. The van der Waals surface area contributed by atoms with Crippen molar-refractivity contribution in [2.45, 2.75) is 62.9 Å². The molecule has 1 aromatic heterocycles. The van der Waals surface area contributed by atoms with E-state index in [0.717, 1.165) is 35.2 Å². The number of nitrogens with zero attached hydrogens (tertiary/aromatic N) is 2. The Hall–Kier alpha value is 0.01000. The topological polar surface area (TPSA) is 25.8 Å². The Labute approximate surface area is 129 Å². The molecule has 0 saturated heterocycles. The van der Waals surface area contributed by atoms with Crippen LogP contribution in [-0.4, -0.2) is 15.2 Å². The molecule has 1 saturated carbocycles. The van der Waals surface area contributed by atoms with E-state index in [4.69, 9.17) is 23.2 Å². The fourth-order valence-electron chi connectivity index (χ4n) is 2.42. The average molecular weight is 319 g/mol. The van der Waals surface area contributed by atoms with Crippen molar-refractivity contribution in [2.75, 3.05) is 0 Å². The van der Waals surface area contributed by atoms with Crippen LogP contribution in [0.4, 0.5) is 0 Å².